The lowest BCUT2D eigenvalue weighted by molar-refractivity contribution is -0.141. The first kappa shape index (κ1) is 16.8. The third-order valence-electron chi connectivity index (χ3n) is 3.39. The Morgan fingerprint density at radius 1 is 1.36 bits per heavy atom. The van der Waals surface area contributed by atoms with Crippen LogP contribution in [-0.4, -0.2) is 28.8 Å². The maximum atomic E-state index is 13.0. The molecule has 0 fully saturated rings. The van der Waals surface area contributed by atoms with E-state index in [1.807, 2.05) is 0 Å². The van der Waals surface area contributed by atoms with E-state index in [1.165, 1.54) is 14.0 Å². The van der Waals surface area contributed by atoms with Gasteiger partial charge in [-0.1, -0.05) is 5.16 Å². The summed E-state index contributed by atoms with van der Waals surface area (Å²) < 4.78 is 64.6. The van der Waals surface area contributed by atoms with Crippen molar-refractivity contribution in [2.45, 2.75) is 44.7 Å². The van der Waals surface area contributed by atoms with Crippen LogP contribution >= 0.6 is 0 Å². The summed E-state index contributed by atoms with van der Waals surface area (Å²) in [4.78, 5) is 4.98. The summed E-state index contributed by atoms with van der Waals surface area (Å²) in [5, 5.41) is 6.64. The van der Waals surface area contributed by atoms with Gasteiger partial charge in [0.05, 0.1) is 5.75 Å². The minimum atomic E-state index is -4.72. The molecule has 0 spiro atoms. The van der Waals surface area contributed by atoms with E-state index in [-0.39, 0.29) is 22.7 Å². The van der Waals surface area contributed by atoms with Gasteiger partial charge in [-0.25, -0.2) is 8.42 Å². The van der Waals surface area contributed by atoms with Gasteiger partial charge in [-0.3, -0.25) is 4.68 Å². The highest BCUT2D eigenvalue weighted by Gasteiger charge is 2.41. The number of halogens is 3. The van der Waals surface area contributed by atoms with Gasteiger partial charge < -0.3 is 4.84 Å². The summed E-state index contributed by atoms with van der Waals surface area (Å²) in [6, 6.07) is 0. The predicted octanol–water partition coefficient (Wildman–Crippen LogP) is 2.17. The number of oxime groups is 1. The fourth-order valence-corrected chi connectivity index (χ4v) is 3.71. The van der Waals surface area contributed by atoms with Crippen LogP contribution in [-0.2, 0) is 33.7 Å². The Kier molecular flexibility index (Phi) is 3.79. The summed E-state index contributed by atoms with van der Waals surface area (Å²) in [5.41, 5.74) is -2.17. The molecule has 1 aromatic rings. The molecule has 0 bridgehead atoms. The summed E-state index contributed by atoms with van der Waals surface area (Å²) in [5.74, 6) is -0.806. The van der Waals surface area contributed by atoms with E-state index in [0.717, 1.165) is 4.68 Å². The molecule has 6 nitrogen and oxygen atoms in total. The maximum Gasteiger partial charge on any atom is 0.435 e. The van der Waals surface area contributed by atoms with Crippen LogP contribution in [0.25, 0.3) is 0 Å². The van der Waals surface area contributed by atoms with Gasteiger partial charge in [0, 0.05) is 24.7 Å². The molecule has 1 aliphatic heterocycles. The molecule has 0 saturated heterocycles. The van der Waals surface area contributed by atoms with Gasteiger partial charge in [0.15, 0.2) is 20.6 Å². The molecule has 1 aliphatic rings. The Hall–Kier alpha value is -1.58. The smallest absolute Gasteiger partial charge is 0.389 e. The number of aryl methyl sites for hydroxylation is 1. The molecular weight excluding hydrogens is 323 g/mol. The number of alkyl halides is 3. The van der Waals surface area contributed by atoms with Crippen molar-refractivity contribution in [2.24, 2.45) is 12.2 Å². The van der Waals surface area contributed by atoms with Crippen molar-refractivity contribution in [1.29, 1.82) is 0 Å². The highest BCUT2D eigenvalue weighted by Crippen LogP contribution is 2.34. The zero-order valence-corrected chi connectivity index (χ0v) is 13.3. The first-order valence-corrected chi connectivity index (χ1v) is 8.06. The molecule has 0 unspecified atom stereocenters. The lowest BCUT2D eigenvalue weighted by atomic mass is 10.1. The van der Waals surface area contributed by atoms with Crippen molar-refractivity contribution >= 4 is 14.9 Å². The van der Waals surface area contributed by atoms with E-state index in [1.54, 1.807) is 13.8 Å². The van der Waals surface area contributed by atoms with Gasteiger partial charge in [0.25, 0.3) is 0 Å². The van der Waals surface area contributed by atoms with Gasteiger partial charge in [-0.05, 0) is 20.8 Å². The Morgan fingerprint density at radius 2 is 1.95 bits per heavy atom. The topological polar surface area (TPSA) is 73.6 Å². The van der Waals surface area contributed by atoms with Crippen LogP contribution < -0.4 is 0 Å². The van der Waals surface area contributed by atoms with Crippen LogP contribution in [0.4, 0.5) is 13.2 Å². The van der Waals surface area contributed by atoms with Crippen molar-refractivity contribution in [3.63, 3.8) is 0 Å². The third-order valence-corrected chi connectivity index (χ3v) is 5.00. The van der Waals surface area contributed by atoms with E-state index < -0.39 is 33.1 Å². The van der Waals surface area contributed by atoms with E-state index in [2.05, 4.69) is 10.3 Å². The summed E-state index contributed by atoms with van der Waals surface area (Å²) in [6.07, 6.45) is -4.69. The highest BCUT2D eigenvalue weighted by atomic mass is 32.2. The molecule has 2 rings (SSSR count). The first-order valence-electron chi connectivity index (χ1n) is 6.41. The molecule has 0 amide bonds. The summed E-state index contributed by atoms with van der Waals surface area (Å²) in [6.45, 7) is 4.69. The molecule has 2 heterocycles. The monoisotopic (exact) mass is 339 g/mol. The highest BCUT2D eigenvalue weighted by molar-refractivity contribution is 8.05. The zero-order chi connectivity index (χ0) is 16.9. The van der Waals surface area contributed by atoms with Crippen molar-refractivity contribution in [3.8, 4) is 0 Å². The minimum absolute atomic E-state index is 0.0238. The molecule has 22 heavy (non-hydrogen) atoms. The zero-order valence-electron chi connectivity index (χ0n) is 12.5. The second-order valence-corrected chi connectivity index (χ2v) is 7.80. The Bertz CT molecular complexity index is 733. The standard InChI is InChI=1S/C12H16F3N3O3S/c1-7-8(10(12(13,14)15)16-18(7)4)6-22(19,20)9-5-11(2,3)21-17-9/h5-6H2,1-4H3. The van der Waals surface area contributed by atoms with Gasteiger partial charge in [0.1, 0.15) is 5.60 Å². The largest absolute Gasteiger partial charge is 0.435 e. The maximum absolute atomic E-state index is 13.0. The lowest BCUT2D eigenvalue weighted by Crippen LogP contribution is -2.24. The van der Waals surface area contributed by atoms with E-state index in [4.69, 9.17) is 4.84 Å². The fourth-order valence-electron chi connectivity index (χ4n) is 2.10. The van der Waals surface area contributed by atoms with Crippen LogP contribution in [0.3, 0.4) is 0 Å². The number of sulfone groups is 1. The number of hydrogen-bond donors (Lipinski definition) is 0. The number of nitrogens with zero attached hydrogens (tertiary/aromatic N) is 3. The molecule has 0 radical (unpaired) electrons. The van der Waals surface area contributed by atoms with Crippen LogP contribution in [0.5, 0.6) is 0 Å². The van der Waals surface area contributed by atoms with Crippen LogP contribution in [0, 0.1) is 6.92 Å². The predicted molar refractivity (Wildman–Crippen MR) is 72.8 cm³/mol. The molecule has 10 heteroatoms. The van der Waals surface area contributed by atoms with Crippen molar-refractivity contribution in [1.82, 2.24) is 9.78 Å². The molecule has 124 valence electrons. The van der Waals surface area contributed by atoms with Gasteiger partial charge in [-0.2, -0.15) is 18.3 Å². The number of aromatic nitrogens is 2. The average molecular weight is 339 g/mol. The van der Waals surface area contributed by atoms with Crippen LogP contribution in [0.15, 0.2) is 5.16 Å². The second kappa shape index (κ2) is 4.97. The number of hydrogen-bond acceptors (Lipinski definition) is 5. The lowest BCUT2D eigenvalue weighted by Gasteiger charge is -2.13. The molecule has 1 aromatic heterocycles. The Morgan fingerprint density at radius 3 is 2.41 bits per heavy atom. The minimum Gasteiger partial charge on any atom is -0.389 e. The molecular formula is C12H16F3N3O3S. The summed E-state index contributed by atoms with van der Waals surface area (Å²) in [7, 11) is -2.67. The van der Waals surface area contributed by atoms with Gasteiger partial charge in [0.2, 0.25) is 0 Å². The van der Waals surface area contributed by atoms with Crippen molar-refractivity contribution in [3.05, 3.63) is 17.0 Å². The van der Waals surface area contributed by atoms with E-state index >= 15 is 0 Å². The molecule has 0 atom stereocenters. The van der Waals surface area contributed by atoms with E-state index in [0.29, 0.717) is 0 Å². The van der Waals surface area contributed by atoms with Crippen LogP contribution in [0.1, 0.15) is 37.2 Å². The van der Waals surface area contributed by atoms with E-state index in [9.17, 15) is 21.6 Å². The average Bonchev–Trinajstić information content (AvgIpc) is 2.83. The fraction of sp³-hybridized carbons (Fsp3) is 0.667. The summed E-state index contributed by atoms with van der Waals surface area (Å²) >= 11 is 0. The first-order chi connectivity index (χ1) is 9.83. The van der Waals surface area contributed by atoms with Gasteiger partial charge >= 0.3 is 6.18 Å². The quantitative estimate of drug-likeness (QED) is 0.828. The van der Waals surface area contributed by atoms with Crippen molar-refractivity contribution in [2.75, 3.05) is 0 Å². The number of rotatable bonds is 2. The molecule has 0 saturated carbocycles. The SMILES string of the molecule is Cc1c(CS(=O)(=O)C2=NOC(C)(C)C2)c(C(F)(F)F)nn1C. The third kappa shape index (κ3) is 3.11. The van der Waals surface area contributed by atoms with Gasteiger partial charge in [-0.15, -0.1) is 0 Å². The second-order valence-electron chi connectivity index (χ2n) is 5.81. The van der Waals surface area contributed by atoms with Crippen molar-refractivity contribution < 1.29 is 26.4 Å². The Labute approximate surface area is 125 Å². The molecule has 0 aromatic carbocycles. The molecule has 0 N–H and O–H groups in total. The Balaban J connectivity index is 2.39. The molecule has 0 aliphatic carbocycles. The normalized spacial score (nSPS) is 18.2. The van der Waals surface area contributed by atoms with Crippen LogP contribution in [0.2, 0.25) is 0 Å².